The Bertz CT molecular complexity index is 592. The van der Waals surface area contributed by atoms with Crippen molar-refractivity contribution in [3.05, 3.63) is 34.7 Å². The van der Waals surface area contributed by atoms with E-state index in [-0.39, 0.29) is 5.54 Å². The average Bonchev–Trinajstić information content (AvgIpc) is 2.75. The van der Waals surface area contributed by atoms with Crippen molar-refractivity contribution in [2.75, 3.05) is 0 Å². The fourth-order valence-electron chi connectivity index (χ4n) is 1.57. The molecule has 20 heavy (non-hydrogen) atoms. The molecule has 0 bridgehead atoms. The Hall–Kier alpha value is -1.04. The SMILES string of the molecule is Cc1nnc(Sc2c(Cl)cccc2CNC(C)(C)C)o1. The number of hydrogen-bond acceptors (Lipinski definition) is 5. The average molecular weight is 312 g/mol. The van der Waals surface area contributed by atoms with Crippen LogP contribution in [0.15, 0.2) is 32.7 Å². The van der Waals surface area contributed by atoms with E-state index >= 15 is 0 Å². The fourth-order valence-corrected chi connectivity index (χ4v) is 2.74. The number of rotatable bonds is 4. The first-order valence-electron chi connectivity index (χ1n) is 6.35. The molecule has 0 radical (unpaired) electrons. The maximum absolute atomic E-state index is 6.30. The standard InChI is InChI=1S/C14H18ClN3OS/c1-9-17-18-13(19-9)20-12-10(6-5-7-11(12)15)8-16-14(2,3)4/h5-7,16H,8H2,1-4H3. The normalized spacial score (nSPS) is 11.8. The summed E-state index contributed by atoms with van der Waals surface area (Å²) in [6, 6.07) is 5.87. The molecule has 6 heteroatoms. The highest BCUT2D eigenvalue weighted by Gasteiger charge is 2.15. The van der Waals surface area contributed by atoms with Crippen LogP contribution in [0.4, 0.5) is 0 Å². The van der Waals surface area contributed by atoms with Gasteiger partial charge in [0.2, 0.25) is 5.89 Å². The fraction of sp³-hybridized carbons (Fsp3) is 0.429. The van der Waals surface area contributed by atoms with Gasteiger partial charge in [-0.15, -0.1) is 10.2 Å². The lowest BCUT2D eigenvalue weighted by Gasteiger charge is -2.21. The number of aromatic nitrogens is 2. The first kappa shape index (κ1) is 15.4. The summed E-state index contributed by atoms with van der Waals surface area (Å²) in [5.74, 6) is 0.550. The largest absolute Gasteiger partial charge is 0.416 e. The van der Waals surface area contributed by atoms with Gasteiger partial charge in [0.15, 0.2) is 0 Å². The van der Waals surface area contributed by atoms with Crippen LogP contribution in [0.25, 0.3) is 0 Å². The van der Waals surface area contributed by atoms with E-state index in [0.717, 1.165) is 17.0 Å². The summed E-state index contributed by atoms with van der Waals surface area (Å²) in [6.07, 6.45) is 0. The molecular weight excluding hydrogens is 294 g/mol. The lowest BCUT2D eigenvalue weighted by Crippen LogP contribution is -2.35. The lowest BCUT2D eigenvalue weighted by molar-refractivity contribution is 0.421. The third-order valence-corrected chi connectivity index (χ3v) is 4.01. The number of aryl methyl sites for hydroxylation is 1. The Morgan fingerprint density at radius 3 is 2.65 bits per heavy atom. The van der Waals surface area contributed by atoms with Gasteiger partial charge in [-0.1, -0.05) is 23.7 Å². The molecule has 0 atom stereocenters. The van der Waals surface area contributed by atoms with Crippen LogP contribution in [0.3, 0.4) is 0 Å². The predicted octanol–water partition coefficient (Wildman–Crippen LogP) is 4.07. The molecule has 0 saturated carbocycles. The summed E-state index contributed by atoms with van der Waals surface area (Å²) in [4.78, 5) is 0.953. The van der Waals surface area contributed by atoms with Crippen molar-refractivity contribution in [1.29, 1.82) is 0 Å². The Balaban J connectivity index is 2.22. The van der Waals surface area contributed by atoms with Crippen molar-refractivity contribution in [2.45, 2.75) is 49.9 Å². The van der Waals surface area contributed by atoms with Gasteiger partial charge in [-0.2, -0.15) is 0 Å². The van der Waals surface area contributed by atoms with E-state index in [0.29, 0.717) is 16.1 Å². The highest BCUT2D eigenvalue weighted by molar-refractivity contribution is 7.99. The summed E-state index contributed by atoms with van der Waals surface area (Å²) in [6.45, 7) is 8.90. The minimum absolute atomic E-state index is 0.0470. The zero-order valence-corrected chi connectivity index (χ0v) is 13.6. The number of nitrogens with zero attached hydrogens (tertiary/aromatic N) is 2. The maximum atomic E-state index is 6.30. The minimum atomic E-state index is 0.0470. The first-order chi connectivity index (χ1) is 9.35. The van der Waals surface area contributed by atoms with Crippen molar-refractivity contribution >= 4 is 23.4 Å². The van der Waals surface area contributed by atoms with Crippen molar-refractivity contribution in [2.24, 2.45) is 0 Å². The highest BCUT2D eigenvalue weighted by Crippen LogP contribution is 2.35. The van der Waals surface area contributed by atoms with Crippen molar-refractivity contribution in [1.82, 2.24) is 15.5 Å². The second-order valence-electron chi connectivity index (χ2n) is 5.52. The molecule has 4 nitrogen and oxygen atoms in total. The highest BCUT2D eigenvalue weighted by atomic mass is 35.5. The number of halogens is 1. The summed E-state index contributed by atoms with van der Waals surface area (Å²) in [5, 5.41) is 12.5. The third kappa shape index (κ3) is 4.23. The van der Waals surface area contributed by atoms with Gasteiger partial charge < -0.3 is 9.73 Å². The molecule has 0 fully saturated rings. The Labute approximate surface area is 128 Å². The molecule has 2 aromatic rings. The van der Waals surface area contributed by atoms with Gasteiger partial charge in [0.05, 0.1) is 5.02 Å². The molecule has 1 aromatic carbocycles. The van der Waals surface area contributed by atoms with Crippen LogP contribution in [0.1, 0.15) is 32.2 Å². The van der Waals surface area contributed by atoms with Gasteiger partial charge in [0.25, 0.3) is 5.22 Å². The van der Waals surface area contributed by atoms with Gasteiger partial charge in [0, 0.05) is 23.9 Å². The number of hydrogen-bond donors (Lipinski definition) is 1. The molecule has 1 aromatic heterocycles. The topological polar surface area (TPSA) is 51.0 Å². The maximum Gasteiger partial charge on any atom is 0.281 e. The first-order valence-corrected chi connectivity index (χ1v) is 7.55. The molecule has 2 rings (SSSR count). The van der Waals surface area contributed by atoms with Crippen LogP contribution < -0.4 is 5.32 Å². The van der Waals surface area contributed by atoms with Crippen molar-refractivity contribution in [3.8, 4) is 0 Å². The van der Waals surface area contributed by atoms with E-state index in [4.69, 9.17) is 16.0 Å². The monoisotopic (exact) mass is 311 g/mol. The van der Waals surface area contributed by atoms with E-state index in [9.17, 15) is 0 Å². The molecule has 1 heterocycles. The molecule has 0 aliphatic carbocycles. The molecule has 108 valence electrons. The molecule has 0 aliphatic heterocycles. The molecular formula is C14H18ClN3OS. The summed E-state index contributed by atoms with van der Waals surface area (Å²) in [7, 11) is 0. The van der Waals surface area contributed by atoms with Crippen LogP contribution in [0.5, 0.6) is 0 Å². The Kier molecular flexibility index (Phi) is 4.73. The van der Waals surface area contributed by atoms with Crippen LogP contribution in [-0.4, -0.2) is 15.7 Å². The second-order valence-corrected chi connectivity index (χ2v) is 6.89. The Morgan fingerprint density at radius 2 is 2.05 bits per heavy atom. The third-order valence-electron chi connectivity index (χ3n) is 2.55. The zero-order chi connectivity index (χ0) is 14.8. The predicted molar refractivity (Wildman–Crippen MR) is 81.2 cm³/mol. The number of benzene rings is 1. The quantitative estimate of drug-likeness (QED) is 0.922. The van der Waals surface area contributed by atoms with E-state index in [1.54, 1.807) is 6.92 Å². The van der Waals surface area contributed by atoms with Crippen LogP contribution in [0.2, 0.25) is 5.02 Å². The van der Waals surface area contributed by atoms with Gasteiger partial charge in [-0.05, 0) is 44.2 Å². The van der Waals surface area contributed by atoms with E-state index < -0.39 is 0 Å². The number of nitrogens with one attached hydrogen (secondary N) is 1. The van der Waals surface area contributed by atoms with Gasteiger partial charge in [-0.3, -0.25) is 0 Å². The van der Waals surface area contributed by atoms with Gasteiger partial charge in [0.1, 0.15) is 0 Å². The van der Waals surface area contributed by atoms with Gasteiger partial charge in [-0.25, -0.2) is 0 Å². The van der Waals surface area contributed by atoms with E-state index in [1.807, 2.05) is 12.1 Å². The van der Waals surface area contributed by atoms with Crippen LogP contribution in [0, 0.1) is 6.92 Å². The molecule has 0 saturated heterocycles. The Morgan fingerprint density at radius 1 is 1.30 bits per heavy atom. The summed E-state index contributed by atoms with van der Waals surface area (Å²) in [5.41, 5.74) is 1.17. The smallest absolute Gasteiger partial charge is 0.281 e. The molecule has 0 amide bonds. The molecule has 0 unspecified atom stereocenters. The van der Waals surface area contributed by atoms with E-state index in [2.05, 4.69) is 42.4 Å². The van der Waals surface area contributed by atoms with Crippen LogP contribution >= 0.6 is 23.4 Å². The summed E-state index contributed by atoms with van der Waals surface area (Å²) >= 11 is 7.70. The minimum Gasteiger partial charge on any atom is -0.416 e. The van der Waals surface area contributed by atoms with Crippen LogP contribution in [-0.2, 0) is 6.54 Å². The zero-order valence-electron chi connectivity index (χ0n) is 12.0. The molecule has 0 spiro atoms. The van der Waals surface area contributed by atoms with Crippen molar-refractivity contribution < 1.29 is 4.42 Å². The molecule has 1 N–H and O–H groups in total. The molecule has 0 aliphatic rings. The van der Waals surface area contributed by atoms with Gasteiger partial charge >= 0.3 is 0 Å². The van der Waals surface area contributed by atoms with E-state index in [1.165, 1.54) is 11.8 Å². The van der Waals surface area contributed by atoms with Crippen molar-refractivity contribution in [3.63, 3.8) is 0 Å². The summed E-state index contributed by atoms with van der Waals surface area (Å²) < 4.78 is 5.40. The second kappa shape index (κ2) is 6.16. The lowest BCUT2D eigenvalue weighted by atomic mass is 10.1.